The summed E-state index contributed by atoms with van der Waals surface area (Å²) in [5, 5.41) is 2.74. The fourth-order valence-corrected chi connectivity index (χ4v) is 2.02. The Morgan fingerprint density at radius 2 is 2.29 bits per heavy atom. The molecule has 0 atom stereocenters. The first-order chi connectivity index (χ1) is 7.97. The number of nitrogens with one attached hydrogen (secondary N) is 1. The van der Waals surface area contributed by atoms with Gasteiger partial charge in [-0.05, 0) is 35.3 Å². The van der Waals surface area contributed by atoms with Crippen molar-refractivity contribution in [2.45, 2.75) is 13.8 Å². The second-order valence-corrected chi connectivity index (χ2v) is 4.58. The molecule has 0 spiro atoms. The van der Waals surface area contributed by atoms with Crippen LogP contribution in [0.3, 0.4) is 0 Å². The molecule has 94 valence electrons. The van der Waals surface area contributed by atoms with Crippen LogP contribution in [-0.2, 0) is 4.79 Å². The van der Waals surface area contributed by atoms with Gasteiger partial charge in [-0.25, -0.2) is 4.98 Å². The van der Waals surface area contributed by atoms with Gasteiger partial charge in [0.2, 0.25) is 5.91 Å². The Bertz CT molecular complexity index is 422. The number of amides is 1. The number of likely N-dealkylation sites (N-methyl/N-ethyl adjacent to an activating group) is 2. The molecule has 1 heterocycles. The molecule has 6 heteroatoms. The maximum atomic E-state index is 11.5. The number of nitrogens with zero attached hydrogens (tertiary/aromatic N) is 2. The van der Waals surface area contributed by atoms with Crippen LogP contribution in [0.15, 0.2) is 10.7 Å². The second kappa shape index (κ2) is 5.86. The number of halogens is 1. The van der Waals surface area contributed by atoms with Crippen LogP contribution in [0.25, 0.3) is 0 Å². The average Bonchev–Trinajstić information content (AvgIpc) is 2.26. The van der Waals surface area contributed by atoms with Crippen molar-refractivity contribution in [3.63, 3.8) is 0 Å². The van der Waals surface area contributed by atoms with E-state index in [2.05, 4.69) is 26.2 Å². The first-order valence-corrected chi connectivity index (χ1v) is 6.15. The van der Waals surface area contributed by atoms with Crippen molar-refractivity contribution in [3.05, 3.63) is 16.2 Å². The lowest BCUT2D eigenvalue weighted by molar-refractivity contribution is -0.119. The number of aromatic nitrogens is 1. The molecule has 17 heavy (non-hydrogen) atoms. The first kappa shape index (κ1) is 13.8. The summed E-state index contributed by atoms with van der Waals surface area (Å²) in [6.45, 7) is 4.69. The lowest BCUT2D eigenvalue weighted by atomic mass is 10.2. The largest absolute Gasteiger partial charge is 0.397 e. The molecular formula is C11H17BrN4O. The highest BCUT2D eigenvalue weighted by molar-refractivity contribution is 9.10. The molecule has 5 nitrogen and oxygen atoms in total. The zero-order chi connectivity index (χ0) is 13.0. The smallest absolute Gasteiger partial charge is 0.239 e. The Balaban J connectivity index is 2.86. The number of nitrogens with two attached hydrogens (primary N) is 1. The number of hydrogen-bond donors (Lipinski definition) is 2. The van der Waals surface area contributed by atoms with E-state index in [9.17, 15) is 4.79 Å². The molecule has 0 radical (unpaired) electrons. The van der Waals surface area contributed by atoms with Crippen molar-refractivity contribution in [2.24, 2.45) is 0 Å². The molecule has 0 unspecified atom stereocenters. The number of anilines is 2. The Kier molecular flexibility index (Phi) is 4.74. The molecule has 3 N–H and O–H groups in total. The minimum absolute atomic E-state index is 0.0295. The van der Waals surface area contributed by atoms with Gasteiger partial charge in [0, 0.05) is 13.6 Å². The Labute approximate surface area is 110 Å². The van der Waals surface area contributed by atoms with Crippen LogP contribution >= 0.6 is 15.9 Å². The van der Waals surface area contributed by atoms with Crippen LogP contribution < -0.4 is 16.0 Å². The Morgan fingerprint density at radius 3 is 2.88 bits per heavy atom. The van der Waals surface area contributed by atoms with Crippen molar-refractivity contribution in [2.75, 3.05) is 30.8 Å². The molecule has 1 aromatic heterocycles. The molecule has 0 bridgehead atoms. The van der Waals surface area contributed by atoms with E-state index in [1.165, 1.54) is 0 Å². The van der Waals surface area contributed by atoms with E-state index in [1.54, 1.807) is 11.1 Å². The van der Waals surface area contributed by atoms with Gasteiger partial charge in [0.05, 0.1) is 22.9 Å². The normalized spacial score (nSPS) is 10.1. The topological polar surface area (TPSA) is 71.2 Å². The third-order valence-electron chi connectivity index (χ3n) is 2.40. The molecule has 1 aromatic rings. The van der Waals surface area contributed by atoms with Gasteiger partial charge in [-0.15, -0.1) is 0 Å². The van der Waals surface area contributed by atoms with Crippen molar-refractivity contribution in [1.82, 2.24) is 10.3 Å². The molecule has 0 saturated heterocycles. The number of nitrogen functional groups attached to an aromatic ring is 1. The van der Waals surface area contributed by atoms with Gasteiger partial charge in [0.1, 0.15) is 5.82 Å². The summed E-state index contributed by atoms with van der Waals surface area (Å²) < 4.78 is 0.823. The fourth-order valence-electron chi connectivity index (χ4n) is 1.39. The van der Waals surface area contributed by atoms with Gasteiger partial charge in [-0.2, -0.15) is 0 Å². The standard InChI is InChI=1S/C11H17BrN4O/c1-4-14-9(17)6-16(3)11-10(12)7(2)8(13)5-15-11/h5H,4,6,13H2,1-3H3,(H,14,17). The molecule has 1 amide bonds. The average molecular weight is 301 g/mol. The van der Waals surface area contributed by atoms with Crippen LogP contribution in [0.4, 0.5) is 11.5 Å². The number of hydrogen-bond acceptors (Lipinski definition) is 4. The lowest BCUT2D eigenvalue weighted by Crippen LogP contribution is -2.35. The highest BCUT2D eigenvalue weighted by Crippen LogP contribution is 2.29. The van der Waals surface area contributed by atoms with Crippen LogP contribution in [0.5, 0.6) is 0 Å². The predicted molar refractivity (Wildman–Crippen MR) is 73.0 cm³/mol. The van der Waals surface area contributed by atoms with Gasteiger partial charge in [0.25, 0.3) is 0 Å². The highest BCUT2D eigenvalue weighted by Gasteiger charge is 2.13. The molecule has 0 aliphatic heterocycles. The molecular weight excluding hydrogens is 284 g/mol. The number of carbonyl (C=O) groups is 1. The SMILES string of the molecule is CCNC(=O)CN(C)c1ncc(N)c(C)c1Br. The summed E-state index contributed by atoms with van der Waals surface area (Å²) in [7, 11) is 1.82. The summed E-state index contributed by atoms with van der Waals surface area (Å²) in [5.74, 6) is 0.682. The quantitative estimate of drug-likeness (QED) is 0.879. The molecule has 0 aromatic carbocycles. The van der Waals surface area contributed by atoms with E-state index in [1.807, 2.05) is 20.9 Å². The van der Waals surface area contributed by atoms with Crippen LogP contribution in [0.2, 0.25) is 0 Å². The number of carbonyl (C=O) groups excluding carboxylic acids is 1. The van der Waals surface area contributed by atoms with Gasteiger partial charge in [0.15, 0.2) is 0 Å². The van der Waals surface area contributed by atoms with E-state index in [0.717, 1.165) is 10.0 Å². The summed E-state index contributed by atoms with van der Waals surface area (Å²) in [5.41, 5.74) is 7.31. The summed E-state index contributed by atoms with van der Waals surface area (Å²) in [4.78, 5) is 17.5. The second-order valence-electron chi connectivity index (χ2n) is 3.79. The number of rotatable bonds is 4. The van der Waals surface area contributed by atoms with Crippen LogP contribution in [-0.4, -0.2) is 31.0 Å². The van der Waals surface area contributed by atoms with Gasteiger partial charge in [-0.1, -0.05) is 0 Å². The van der Waals surface area contributed by atoms with Crippen molar-refractivity contribution >= 4 is 33.3 Å². The molecule has 0 fully saturated rings. The molecule has 1 rings (SSSR count). The first-order valence-electron chi connectivity index (χ1n) is 5.35. The van der Waals surface area contributed by atoms with E-state index in [0.29, 0.717) is 18.1 Å². The third kappa shape index (κ3) is 3.33. The third-order valence-corrected chi connectivity index (χ3v) is 3.35. The van der Waals surface area contributed by atoms with Gasteiger partial charge < -0.3 is 16.0 Å². The molecule has 0 aliphatic carbocycles. The highest BCUT2D eigenvalue weighted by atomic mass is 79.9. The van der Waals surface area contributed by atoms with Crippen molar-refractivity contribution in [1.29, 1.82) is 0 Å². The summed E-state index contributed by atoms with van der Waals surface area (Å²) in [6, 6.07) is 0. The van der Waals surface area contributed by atoms with E-state index in [4.69, 9.17) is 5.73 Å². The van der Waals surface area contributed by atoms with Crippen LogP contribution in [0, 0.1) is 6.92 Å². The molecule has 0 saturated carbocycles. The summed E-state index contributed by atoms with van der Waals surface area (Å²) >= 11 is 3.44. The van der Waals surface area contributed by atoms with E-state index >= 15 is 0 Å². The fraction of sp³-hybridized carbons (Fsp3) is 0.455. The monoisotopic (exact) mass is 300 g/mol. The van der Waals surface area contributed by atoms with E-state index < -0.39 is 0 Å². The Hall–Kier alpha value is -1.30. The van der Waals surface area contributed by atoms with Crippen molar-refractivity contribution < 1.29 is 4.79 Å². The van der Waals surface area contributed by atoms with Crippen LogP contribution in [0.1, 0.15) is 12.5 Å². The zero-order valence-electron chi connectivity index (χ0n) is 10.2. The van der Waals surface area contributed by atoms with E-state index in [-0.39, 0.29) is 12.5 Å². The zero-order valence-corrected chi connectivity index (χ0v) is 11.8. The predicted octanol–water partition coefficient (Wildman–Crippen LogP) is 1.31. The molecule has 0 aliphatic rings. The van der Waals surface area contributed by atoms with Gasteiger partial charge >= 0.3 is 0 Å². The van der Waals surface area contributed by atoms with Crippen molar-refractivity contribution in [3.8, 4) is 0 Å². The number of pyridine rings is 1. The minimum Gasteiger partial charge on any atom is -0.397 e. The lowest BCUT2D eigenvalue weighted by Gasteiger charge is -2.20. The maximum absolute atomic E-state index is 11.5. The maximum Gasteiger partial charge on any atom is 0.239 e. The minimum atomic E-state index is -0.0295. The van der Waals surface area contributed by atoms with Gasteiger partial charge in [-0.3, -0.25) is 4.79 Å². The Morgan fingerprint density at radius 1 is 1.65 bits per heavy atom. The summed E-state index contributed by atoms with van der Waals surface area (Å²) in [6.07, 6.45) is 1.60.